The lowest BCUT2D eigenvalue weighted by atomic mass is 10.0. The minimum absolute atomic E-state index is 0.122. The molecule has 0 spiro atoms. The predicted molar refractivity (Wildman–Crippen MR) is 184 cm³/mol. The van der Waals surface area contributed by atoms with Crippen molar-refractivity contribution in [1.29, 1.82) is 0 Å². The van der Waals surface area contributed by atoms with Crippen LogP contribution in [0.1, 0.15) is 51.1 Å². The van der Waals surface area contributed by atoms with E-state index in [1.807, 2.05) is 54.6 Å². The Morgan fingerprint density at radius 1 is 0.766 bits per heavy atom. The zero-order valence-corrected chi connectivity index (χ0v) is 27.2. The number of para-hydroxylation sites is 1. The SMILES string of the molecule is C[N+](C)(CCCN1C(=O)c2ccccc2C1=O)Cc1ccccc1CN1CCC(OC(=O)Nc2ccccc2-c2ccccc2)CC1. The number of carbonyl (C=O) groups is 3. The quantitative estimate of drug-likeness (QED) is 0.145. The Balaban J connectivity index is 0.974. The lowest BCUT2D eigenvalue weighted by Crippen LogP contribution is -2.42. The molecule has 0 radical (unpaired) electrons. The first-order chi connectivity index (χ1) is 22.8. The number of imide groups is 1. The highest BCUT2D eigenvalue weighted by atomic mass is 16.6. The first-order valence-corrected chi connectivity index (χ1v) is 16.5. The number of nitrogens with one attached hydrogen (secondary N) is 1. The maximum absolute atomic E-state index is 12.9. The summed E-state index contributed by atoms with van der Waals surface area (Å²) in [5.74, 6) is -0.381. The Bertz CT molecular complexity index is 1690. The number of benzene rings is 4. The van der Waals surface area contributed by atoms with Gasteiger partial charge in [-0.25, -0.2) is 4.79 Å². The molecule has 47 heavy (non-hydrogen) atoms. The van der Waals surface area contributed by atoms with Gasteiger partial charge in [0.2, 0.25) is 0 Å². The first kappa shape index (κ1) is 32.2. The number of quaternary nitrogens is 1. The van der Waals surface area contributed by atoms with E-state index in [1.165, 1.54) is 16.0 Å². The summed E-state index contributed by atoms with van der Waals surface area (Å²) in [6.07, 6.45) is 1.77. The fraction of sp³-hybridized carbons (Fsp3) is 0.308. The molecule has 8 nitrogen and oxygen atoms in total. The number of anilines is 1. The highest BCUT2D eigenvalue weighted by Crippen LogP contribution is 2.28. The number of rotatable bonds is 11. The highest BCUT2D eigenvalue weighted by molar-refractivity contribution is 6.21. The largest absolute Gasteiger partial charge is 0.446 e. The molecule has 0 unspecified atom stereocenters. The smallest absolute Gasteiger partial charge is 0.411 e. The molecule has 0 aliphatic carbocycles. The van der Waals surface area contributed by atoms with E-state index in [-0.39, 0.29) is 17.9 Å². The topological polar surface area (TPSA) is 79.0 Å². The van der Waals surface area contributed by atoms with Crippen LogP contribution >= 0.6 is 0 Å². The summed E-state index contributed by atoms with van der Waals surface area (Å²) >= 11 is 0. The minimum Gasteiger partial charge on any atom is -0.446 e. The molecule has 242 valence electrons. The van der Waals surface area contributed by atoms with Crippen molar-refractivity contribution in [2.75, 3.05) is 45.6 Å². The summed E-state index contributed by atoms with van der Waals surface area (Å²) in [6, 6.07) is 33.4. The maximum Gasteiger partial charge on any atom is 0.411 e. The van der Waals surface area contributed by atoms with Crippen LogP contribution in [0.2, 0.25) is 0 Å². The number of ether oxygens (including phenoxy) is 1. The molecule has 2 heterocycles. The molecule has 4 aromatic carbocycles. The van der Waals surface area contributed by atoms with Gasteiger partial charge in [-0.1, -0.05) is 84.9 Å². The van der Waals surface area contributed by atoms with Crippen molar-refractivity contribution in [3.05, 3.63) is 125 Å². The lowest BCUT2D eigenvalue weighted by molar-refractivity contribution is -0.903. The summed E-state index contributed by atoms with van der Waals surface area (Å²) in [5.41, 5.74) is 6.35. The second-order valence-electron chi connectivity index (χ2n) is 13.2. The van der Waals surface area contributed by atoms with Gasteiger partial charge in [0.05, 0.1) is 37.5 Å². The van der Waals surface area contributed by atoms with E-state index < -0.39 is 6.09 Å². The van der Waals surface area contributed by atoms with Crippen molar-refractivity contribution >= 4 is 23.6 Å². The van der Waals surface area contributed by atoms with Crippen LogP contribution in [0.15, 0.2) is 103 Å². The number of nitrogens with zero attached hydrogens (tertiary/aromatic N) is 3. The van der Waals surface area contributed by atoms with Gasteiger partial charge in [0.15, 0.2) is 0 Å². The van der Waals surface area contributed by atoms with E-state index in [4.69, 9.17) is 4.74 Å². The van der Waals surface area contributed by atoms with Crippen LogP contribution in [0, 0.1) is 0 Å². The van der Waals surface area contributed by atoms with Crippen molar-refractivity contribution < 1.29 is 23.6 Å². The number of hydrogen-bond acceptors (Lipinski definition) is 5. The third-order valence-electron chi connectivity index (χ3n) is 9.19. The number of hydrogen-bond donors (Lipinski definition) is 1. The van der Waals surface area contributed by atoms with E-state index in [0.29, 0.717) is 17.7 Å². The minimum atomic E-state index is -0.417. The van der Waals surface area contributed by atoms with E-state index >= 15 is 0 Å². The highest BCUT2D eigenvalue weighted by Gasteiger charge is 2.35. The van der Waals surface area contributed by atoms with Crippen LogP contribution in [0.4, 0.5) is 10.5 Å². The number of fused-ring (bicyclic) bond motifs is 1. The lowest BCUT2D eigenvalue weighted by Gasteiger charge is -2.34. The molecule has 0 aromatic heterocycles. The van der Waals surface area contributed by atoms with Crippen LogP contribution in [-0.2, 0) is 17.8 Å². The van der Waals surface area contributed by atoms with Gasteiger partial charge < -0.3 is 9.22 Å². The molecule has 2 aliphatic rings. The second-order valence-corrected chi connectivity index (χ2v) is 13.2. The number of carbonyl (C=O) groups excluding carboxylic acids is 3. The van der Waals surface area contributed by atoms with Crippen molar-refractivity contribution in [3.8, 4) is 11.1 Å². The van der Waals surface area contributed by atoms with Crippen molar-refractivity contribution in [1.82, 2.24) is 9.80 Å². The number of amides is 3. The number of likely N-dealkylation sites (tertiary alicyclic amines) is 1. The molecule has 1 fully saturated rings. The summed E-state index contributed by atoms with van der Waals surface area (Å²) in [4.78, 5) is 42.2. The summed E-state index contributed by atoms with van der Waals surface area (Å²) in [6.45, 7) is 4.65. The average molecular weight is 632 g/mol. The third kappa shape index (κ3) is 7.79. The Kier molecular flexibility index (Phi) is 9.80. The van der Waals surface area contributed by atoms with Gasteiger partial charge >= 0.3 is 6.09 Å². The van der Waals surface area contributed by atoms with Crippen molar-refractivity contribution in [2.24, 2.45) is 0 Å². The zero-order valence-electron chi connectivity index (χ0n) is 27.2. The molecule has 6 rings (SSSR count). The van der Waals surface area contributed by atoms with Crippen molar-refractivity contribution in [2.45, 2.75) is 38.5 Å². The summed E-state index contributed by atoms with van der Waals surface area (Å²) in [5, 5.41) is 2.96. The first-order valence-electron chi connectivity index (χ1n) is 16.5. The van der Waals surface area contributed by atoms with Gasteiger partial charge in [0.1, 0.15) is 12.6 Å². The maximum atomic E-state index is 12.9. The Hall–Kier alpha value is -4.79. The summed E-state index contributed by atoms with van der Waals surface area (Å²) in [7, 11) is 4.40. The van der Waals surface area contributed by atoms with E-state index in [1.54, 1.807) is 24.3 Å². The fourth-order valence-electron chi connectivity index (χ4n) is 6.68. The van der Waals surface area contributed by atoms with Crippen LogP contribution in [0.25, 0.3) is 11.1 Å². The van der Waals surface area contributed by atoms with Gasteiger partial charge in [-0.05, 0) is 42.2 Å². The second kappa shape index (κ2) is 14.3. The fourth-order valence-corrected chi connectivity index (χ4v) is 6.68. The van der Waals surface area contributed by atoms with E-state index in [2.05, 4.69) is 48.6 Å². The Morgan fingerprint density at radius 2 is 1.34 bits per heavy atom. The molecule has 0 atom stereocenters. The van der Waals surface area contributed by atoms with Crippen LogP contribution in [0.3, 0.4) is 0 Å². The van der Waals surface area contributed by atoms with Gasteiger partial charge in [0, 0.05) is 43.7 Å². The number of piperidine rings is 1. The normalized spacial score (nSPS) is 15.5. The average Bonchev–Trinajstić information content (AvgIpc) is 3.32. The van der Waals surface area contributed by atoms with Gasteiger partial charge in [0.25, 0.3) is 11.8 Å². The molecule has 4 aromatic rings. The molecule has 0 saturated carbocycles. The van der Waals surface area contributed by atoms with E-state index in [9.17, 15) is 14.4 Å². The summed E-state index contributed by atoms with van der Waals surface area (Å²) < 4.78 is 6.60. The molecule has 2 aliphatic heterocycles. The van der Waals surface area contributed by atoms with Crippen LogP contribution in [0.5, 0.6) is 0 Å². The predicted octanol–water partition coefficient (Wildman–Crippen LogP) is 6.83. The Morgan fingerprint density at radius 3 is 2.02 bits per heavy atom. The van der Waals surface area contributed by atoms with Gasteiger partial charge in [-0.2, -0.15) is 0 Å². The van der Waals surface area contributed by atoms with Crippen LogP contribution < -0.4 is 5.32 Å². The molecule has 1 N–H and O–H groups in total. The van der Waals surface area contributed by atoms with Gasteiger partial charge in [-0.15, -0.1) is 0 Å². The molecule has 0 bridgehead atoms. The molecular weight excluding hydrogens is 588 g/mol. The van der Waals surface area contributed by atoms with E-state index in [0.717, 1.165) is 73.3 Å². The molecule has 3 amide bonds. The standard InChI is InChI=1S/C39H42N4O4/c1-43(2,26-12-23-42-37(44)34-18-8-9-19-35(34)38(42)45)28-31-16-7-6-15-30(31)27-41-24-21-32(22-25-41)47-39(46)40-36-20-11-10-17-33(36)29-13-4-3-5-14-29/h3-11,13-20,32H,12,21-28H2,1-2H3/p+1. The Labute approximate surface area is 277 Å². The van der Waals surface area contributed by atoms with Crippen molar-refractivity contribution in [3.63, 3.8) is 0 Å². The molecule has 8 heteroatoms. The monoisotopic (exact) mass is 631 g/mol. The van der Waals surface area contributed by atoms with Gasteiger partial charge in [-0.3, -0.25) is 24.7 Å². The van der Waals surface area contributed by atoms with Crippen LogP contribution in [-0.4, -0.2) is 78.6 Å². The third-order valence-corrected chi connectivity index (χ3v) is 9.19. The molecular formula is C39H43N4O4+. The molecule has 1 saturated heterocycles. The zero-order chi connectivity index (χ0) is 32.8.